The topological polar surface area (TPSA) is 95.2 Å². The van der Waals surface area contributed by atoms with Crippen LogP contribution in [0.1, 0.15) is 6.92 Å². The zero-order valence-electron chi connectivity index (χ0n) is 17.8. The van der Waals surface area contributed by atoms with Crippen molar-refractivity contribution in [3.63, 3.8) is 0 Å². The lowest BCUT2D eigenvalue weighted by molar-refractivity contribution is -0.131. The predicted molar refractivity (Wildman–Crippen MR) is 120 cm³/mol. The molecule has 0 fully saturated rings. The molecule has 0 saturated carbocycles. The van der Waals surface area contributed by atoms with Gasteiger partial charge in [0.15, 0.2) is 5.43 Å². The molecule has 0 aliphatic carbocycles. The summed E-state index contributed by atoms with van der Waals surface area (Å²) < 4.78 is 20.9. The molecule has 0 atom stereocenters. The Morgan fingerprint density at radius 1 is 0.844 bits per heavy atom. The third kappa shape index (κ3) is 5.66. The van der Waals surface area contributed by atoms with Crippen molar-refractivity contribution in [3.8, 4) is 34.3 Å². The summed E-state index contributed by atoms with van der Waals surface area (Å²) in [5.41, 5.74) is 1.20. The number of esters is 1. The number of carbonyl (C=O) groups is 1. The fraction of sp³-hybridized carbons (Fsp3) is 0.120. The molecular formula is C25H22O7. The van der Waals surface area contributed by atoms with Crippen molar-refractivity contribution in [3.05, 3.63) is 83.0 Å². The first-order valence-electron chi connectivity index (χ1n) is 9.63. The van der Waals surface area contributed by atoms with Gasteiger partial charge in [-0.05, 0) is 48.5 Å². The number of phenolic OH excluding ortho intramolecular Hbond substituents is 1. The highest BCUT2D eigenvalue weighted by molar-refractivity contribution is 5.80. The molecule has 1 aromatic heterocycles. The van der Waals surface area contributed by atoms with Gasteiger partial charge in [0, 0.05) is 24.6 Å². The molecular weight excluding hydrogens is 412 g/mol. The van der Waals surface area contributed by atoms with Crippen molar-refractivity contribution in [2.75, 3.05) is 14.2 Å². The van der Waals surface area contributed by atoms with Gasteiger partial charge >= 0.3 is 5.97 Å². The Kier molecular flexibility index (Phi) is 7.13. The second kappa shape index (κ2) is 10.2. The third-order valence-electron chi connectivity index (χ3n) is 4.39. The summed E-state index contributed by atoms with van der Waals surface area (Å²) in [5, 5.41) is 9.38. The van der Waals surface area contributed by atoms with Crippen LogP contribution in [0.3, 0.4) is 0 Å². The van der Waals surface area contributed by atoms with Crippen molar-refractivity contribution in [2.24, 2.45) is 0 Å². The van der Waals surface area contributed by atoms with E-state index in [1.54, 1.807) is 32.4 Å². The number of hydrogen-bond acceptors (Lipinski definition) is 7. The van der Waals surface area contributed by atoms with E-state index in [0.717, 1.165) is 5.56 Å². The Bertz CT molecular complexity index is 1270. The van der Waals surface area contributed by atoms with Gasteiger partial charge in [-0.25, -0.2) is 0 Å². The summed E-state index contributed by atoms with van der Waals surface area (Å²) in [6.07, 6.45) is 0. The predicted octanol–water partition coefficient (Wildman–Crippen LogP) is 4.79. The highest BCUT2D eigenvalue weighted by Gasteiger charge is 2.08. The number of benzene rings is 3. The van der Waals surface area contributed by atoms with Crippen LogP contribution in [0, 0.1) is 0 Å². The third-order valence-corrected chi connectivity index (χ3v) is 4.39. The molecule has 0 amide bonds. The van der Waals surface area contributed by atoms with Crippen molar-refractivity contribution < 1.29 is 28.5 Å². The van der Waals surface area contributed by atoms with E-state index in [-0.39, 0.29) is 17.1 Å². The van der Waals surface area contributed by atoms with Crippen molar-refractivity contribution in [1.29, 1.82) is 0 Å². The zero-order valence-corrected chi connectivity index (χ0v) is 17.8. The normalized spacial score (nSPS) is 10.1. The first-order valence-corrected chi connectivity index (χ1v) is 9.63. The lowest BCUT2D eigenvalue weighted by atomic mass is 10.1. The average molecular weight is 434 g/mol. The minimum atomic E-state index is -0.365. The zero-order chi connectivity index (χ0) is 23.1. The highest BCUT2D eigenvalue weighted by atomic mass is 16.5. The molecule has 0 unspecified atom stereocenters. The molecule has 0 aliphatic heterocycles. The largest absolute Gasteiger partial charge is 0.508 e. The maximum absolute atomic E-state index is 12.2. The molecule has 0 radical (unpaired) electrons. The summed E-state index contributed by atoms with van der Waals surface area (Å²) in [4.78, 5) is 22.6. The SMILES string of the molecule is CC(=O)Oc1ccc(O)cc1.COc1cccc(-c2cc(=O)c3ccc(OC)cc3o2)c1. The van der Waals surface area contributed by atoms with E-state index in [9.17, 15) is 9.59 Å². The number of hydrogen-bond donors (Lipinski definition) is 1. The minimum Gasteiger partial charge on any atom is -0.508 e. The lowest BCUT2D eigenvalue weighted by Crippen LogP contribution is -2.00. The molecule has 1 N–H and O–H groups in total. The Morgan fingerprint density at radius 3 is 2.16 bits per heavy atom. The fourth-order valence-corrected chi connectivity index (χ4v) is 2.86. The molecule has 32 heavy (non-hydrogen) atoms. The second-order valence-electron chi connectivity index (χ2n) is 6.66. The van der Waals surface area contributed by atoms with Crippen LogP contribution in [0.15, 0.2) is 82.0 Å². The van der Waals surface area contributed by atoms with Gasteiger partial charge < -0.3 is 23.7 Å². The van der Waals surface area contributed by atoms with Crippen molar-refractivity contribution in [1.82, 2.24) is 0 Å². The van der Waals surface area contributed by atoms with E-state index in [0.29, 0.717) is 34.0 Å². The highest BCUT2D eigenvalue weighted by Crippen LogP contribution is 2.27. The average Bonchev–Trinajstić information content (AvgIpc) is 2.80. The number of aromatic hydroxyl groups is 1. The smallest absolute Gasteiger partial charge is 0.308 e. The van der Waals surface area contributed by atoms with E-state index in [4.69, 9.17) is 23.7 Å². The summed E-state index contributed by atoms with van der Waals surface area (Å²) in [6, 6.07) is 20.0. The quantitative estimate of drug-likeness (QED) is 0.364. The number of methoxy groups -OCH3 is 2. The van der Waals surface area contributed by atoms with Crippen LogP contribution in [0.5, 0.6) is 23.0 Å². The van der Waals surface area contributed by atoms with Crippen LogP contribution in [0.4, 0.5) is 0 Å². The lowest BCUT2D eigenvalue weighted by Gasteiger charge is -2.06. The van der Waals surface area contributed by atoms with Crippen LogP contribution in [0.25, 0.3) is 22.3 Å². The van der Waals surface area contributed by atoms with Crippen LogP contribution in [0.2, 0.25) is 0 Å². The maximum Gasteiger partial charge on any atom is 0.308 e. The molecule has 0 bridgehead atoms. The van der Waals surface area contributed by atoms with Crippen molar-refractivity contribution >= 4 is 16.9 Å². The molecule has 0 spiro atoms. The number of fused-ring (bicyclic) bond motifs is 1. The first-order chi connectivity index (χ1) is 15.4. The standard InChI is InChI=1S/C17H14O4.C8H8O3/c1-19-12-5-3-4-11(8-12)16-10-15(18)14-7-6-13(20-2)9-17(14)21-16;1-6(9)11-8-4-2-7(10)3-5-8/h3-10H,1-2H3;2-5,10H,1H3. The Labute approximate surface area is 184 Å². The minimum absolute atomic E-state index is 0.0864. The Morgan fingerprint density at radius 2 is 1.50 bits per heavy atom. The van der Waals surface area contributed by atoms with Crippen LogP contribution in [-0.4, -0.2) is 25.3 Å². The van der Waals surface area contributed by atoms with Gasteiger partial charge in [-0.3, -0.25) is 9.59 Å². The Hall–Kier alpha value is -4.26. The molecule has 164 valence electrons. The van der Waals surface area contributed by atoms with Crippen LogP contribution >= 0.6 is 0 Å². The van der Waals surface area contributed by atoms with E-state index < -0.39 is 0 Å². The van der Waals surface area contributed by atoms with Gasteiger partial charge in [-0.1, -0.05) is 12.1 Å². The molecule has 4 aromatic rings. The van der Waals surface area contributed by atoms with Crippen LogP contribution in [-0.2, 0) is 4.79 Å². The second-order valence-corrected chi connectivity index (χ2v) is 6.66. The number of rotatable bonds is 4. The summed E-state index contributed by atoms with van der Waals surface area (Å²) >= 11 is 0. The molecule has 4 rings (SSSR count). The molecule has 0 aliphatic rings. The Balaban J connectivity index is 0.000000222. The molecule has 0 saturated heterocycles. The van der Waals surface area contributed by atoms with Gasteiger partial charge in [0.2, 0.25) is 0 Å². The molecule has 3 aromatic carbocycles. The number of ether oxygens (including phenoxy) is 3. The summed E-state index contributed by atoms with van der Waals surface area (Å²) in [7, 11) is 3.17. The maximum atomic E-state index is 12.2. The number of phenols is 1. The fourth-order valence-electron chi connectivity index (χ4n) is 2.86. The molecule has 1 heterocycles. The van der Waals surface area contributed by atoms with Crippen molar-refractivity contribution in [2.45, 2.75) is 6.92 Å². The van der Waals surface area contributed by atoms with Gasteiger partial charge in [0.1, 0.15) is 34.3 Å². The van der Waals surface area contributed by atoms with Crippen LogP contribution < -0.4 is 19.6 Å². The molecule has 7 nitrogen and oxygen atoms in total. The van der Waals surface area contributed by atoms with E-state index in [1.807, 2.05) is 24.3 Å². The van der Waals surface area contributed by atoms with E-state index in [2.05, 4.69) is 0 Å². The van der Waals surface area contributed by atoms with Gasteiger partial charge in [-0.2, -0.15) is 0 Å². The van der Waals surface area contributed by atoms with E-state index in [1.165, 1.54) is 37.3 Å². The first kappa shape index (κ1) is 22.4. The summed E-state index contributed by atoms with van der Waals surface area (Å²) in [6.45, 7) is 1.33. The summed E-state index contributed by atoms with van der Waals surface area (Å²) in [5.74, 6) is 2.08. The monoisotopic (exact) mass is 434 g/mol. The molecule has 7 heteroatoms. The van der Waals surface area contributed by atoms with Gasteiger partial charge in [0.25, 0.3) is 0 Å². The van der Waals surface area contributed by atoms with Gasteiger partial charge in [-0.15, -0.1) is 0 Å². The number of carbonyl (C=O) groups excluding carboxylic acids is 1. The van der Waals surface area contributed by atoms with E-state index >= 15 is 0 Å². The van der Waals surface area contributed by atoms with Gasteiger partial charge in [0.05, 0.1) is 19.6 Å².